The van der Waals surface area contributed by atoms with E-state index in [4.69, 9.17) is 12.2 Å². The first-order valence-corrected chi connectivity index (χ1v) is 7.72. The summed E-state index contributed by atoms with van der Waals surface area (Å²) in [7, 11) is -2.89. The van der Waals surface area contributed by atoms with Gasteiger partial charge in [-0.1, -0.05) is 6.92 Å². The SMILES string of the molecule is CCCc1n[nH]c(=S)n1CCCS(C)(=O)=O. The van der Waals surface area contributed by atoms with E-state index in [9.17, 15) is 8.42 Å². The summed E-state index contributed by atoms with van der Waals surface area (Å²) < 4.78 is 24.4. The highest BCUT2D eigenvalue weighted by molar-refractivity contribution is 7.90. The number of rotatable bonds is 6. The Hall–Kier alpha value is -0.690. The summed E-state index contributed by atoms with van der Waals surface area (Å²) in [5.41, 5.74) is 0. The van der Waals surface area contributed by atoms with Crippen LogP contribution in [0.25, 0.3) is 0 Å². The summed E-state index contributed by atoms with van der Waals surface area (Å²) in [4.78, 5) is 0. The van der Waals surface area contributed by atoms with Crippen LogP contribution >= 0.6 is 12.2 Å². The molecule has 5 nitrogen and oxygen atoms in total. The molecule has 7 heteroatoms. The lowest BCUT2D eigenvalue weighted by Gasteiger charge is -2.05. The molecule has 1 heterocycles. The van der Waals surface area contributed by atoms with Gasteiger partial charge in [0.25, 0.3) is 0 Å². The Morgan fingerprint density at radius 1 is 1.50 bits per heavy atom. The minimum absolute atomic E-state index is 0.186. The number of aromatic nitrogens is 3. The van der Waals surface area contributed by atoms with Gasteiger partial charge in [0, 0.05) is 19.2 Å². The minimum Gasteiger partial charge on any atom is -0.304 e. The monoisotopic (exact) mass is 263 g/mol. The van der Waals surface area contributed by atoms with E-state index in [0.29, 0.717) is 17.7 Å². The molecule has 1 aromatic rings. The van der Waals surface area contributed by atoms with Gasteiger partial charge in [-0.2, -0.15) is 5.10 Å². The number of hydrogen-bond donors (Lipinski definition) is 1. The van der Waals surface area contributed by atoms with Crippen LogP contribution in [-0.2, 0) is 22.8 Å². The molecule has 0 aliphatic heterocycles. The van der Waals surface area contributed by atoms with Gasteiger partial charge in [0.2, 0.25) is 0 Å². The first kappa shape index (κ1) is 13.4. The molecule has 92 valence electrons. The average molecular weight is 263 g/mol. The van der Waals surface area contributed by atoms with E-state index < -0.39 is 9.84 Å². The minimum atomic E-state index is -2.89. The van der Waals surface area contributed by atoms with Gasteiger partial charge < -0.3 is 4.57 Å². The number of nitrogens with one attached hydrogen (secondary N) is 1. The number of sulfone groups is 1. The Balaban J connectivity index is 2.66. The Morgan fingerprint density at radius 2 is 2.19 bits per heavy atom. The Morgan fingerprint density at radius 3 is 2.75 bits per heavy atom. The van der Waals surface area contributed by atoms with Crippen LogP contribution in [-0.4, -0.2) is 35.2 Å². The predicted octanol–water partition coefficient (Wildman–Crippen LogP) is 1.33. The van der Waals surface area contributed by atoms with E-state index in [2.05, 4.69) is 17.1 Å². The summed E-state index contributed by atoms with van der Waals surface area (Å²) in [5, 5.41) is 6.85. The zero-order valence-electron chi connectivity index (χ0n) is 9.56. The van der Waals surface area contributed by atoms with Crippen molar-refractivity contribution in [1.82, 2.24) is 14.8 Å². The number of H-pyrrole nitrogens is 1. The number of aromatic amines is 1. The lowest BCUT2D eigenvalue weighted by molar-refractivity contribution is 0.584. The highest BCUT2D eigenvalue weighted by Crippen LogP contribution is 2.03. The molecule has 0 saturated carbocycles. The number of hydrogen-bond acceptors (Lipinski definition) is 4. The first-order valence-electron chi connectivity index (χ1n) is 5.26. The maximum atomic E-state index is 11.0. The number of aryl methyl sites for hydroxylation is 1. The van der Waals surface area contributed by atoms with Crippen molar-refractivity contribution in [3.8, 4) is 0 Å². The summed E-state index contributed by atoms with van der Waals surface area (Å²) in [5.74, 6) is 1.09. The van der Waals surface area contributed by atoms with E-state index in [-0.39, 0.29) is 5.75 Å². The molecule has 1 N–H and O–H groups in total. The van der Waals surface area contributed by atoms with Gasteiger partial charge in [0.05, 0.1) is 5.75 Å². The normalized spacial score (nSPS) is 11.9. The first-order chi connectivity index (χ1) is 7.44. The molecule has 0 saturated heterocycles. The predicted molar refractivity (Wildman–Crippen MR) is 65.7 cm³/mol. The molecule has 0 radical (unpaired) electrons. The van der Waals surface area contributed by atoms with Crippen LogP contribution in [0.3, 0.4) is 0 Å². The molecule has 0 atom stereocenters. The molecule has 0 aliphatic carbocycles. The third-order valence-corrected chi connectivity index (χ3v) is 3.55. The lowest BCUT2D eigenvalue weighted by atomic mass is 10.3. The van der Waals surface area contributed by atoms with Crippen LogP contribution in [0.15, 0.2) is 0 Å². The van der Waals surface area contributed by atoms with E-state index in [1.54, 1.807) is 0 Å². The molecule has 0 unspecified atom stereocenters. The van der Waals surface area contributed by atoms with Gasteiger partial charge in [0.1, 0.15) is 15.7 Å². The third-order valence-electron chi connectivity index (χ3n) is 2.21. The zero-order valence-corrected chi connectivity index (χ0v) is 11.2. The van der Waals surface area contributed by atoms with Crippen LogP contribution in [0, 0.1) is 4.77 Å². The quantitative estimate of drug-likeness (QED) is 0.786. The van der Waals surface area contributed by atoms with Crippen LogP contribution in [0.1, 0.15) is 25.6 Å². The van der Waals surface area contributed by atoms with Crippen molar-refractivity contribution in [2.75, 3.05) is 12.0 Å². The summed E-state index contributed by atoms with van der Waals surface area (Å²) in [6.07, 6.45) is 3.66. The highest BCUT2D eigenvalue weighted by Gasteiger charge is 2.07. The molecule has 0 spiro atoms. The van der Waals surface area contributed by atoms with Crippen molar-refractivity contribution < 1.29 is 8.42 Å². The molecule has 0 aliphatic rings. The summed E-state index contributed by atoms with van der Waals surface area (Å²) in [6.45, 7) is 2.68. The topological polar surface area (TPSA) is 67.8 Å². The standard InChI is InChI=1S/C9H17N3O2S2/c1-3-5-8-10-11-9(15)12(8)6-4-7-16(2,13)14/h3-7H2,1-2H3,(H,11,15). The zero-order chi connectivity index (χ0) is 12.2. The fraction of sp³-hybridized carbons (Fsp3) is 0.778. The second-order valence-corrected chi connectivity index (χ2v) is 6.48. The molecular weight excluding hydrogens is 246 g/mol. The van der Waals surface area contributed by atoms with E-state index in [1.807, 2.05) is 4.57 Å². The average Bonchev–Trinajstić information content (AvgIpc) is 2.48. The largest absolute Gasteiger partial charge is 0.304 e. The molecule has 0 amide bonds. The van der Waals surface area contributed by atoms with Crippen LogP contribution < -0.4 is 0 Å². The van der Waals surface area contributed by atoms with E-state index in [1.165, 1.54) is 6.26 Å². The second kappa shape index (κ2) is 5.58. The molecule has 1 aromatic heterocycles. The maximum Gasteiger partial charge on any atom is 0.195 e. The van der Waals surface area contributed by atoms with Crippen molar-refractivity contribution in [2.24, 2.45) is 0 Å². The molecule has 0 fully saturated rings. The molecule has 1 rings (SSSR count). The van der Waals surface area contributed by atoms with Crippen LogP contribution in [0.5, 0.6) is 0 Å². The van der Waals surface area contributed by atoms with Crippen molar-refractivity contribution in [1.29, 1.82) is 0 Å². The fourth-order valence-corrected chi connectivity index (χ4v) is 2.38. The van der Waals surface area contributed by atoms with Crippen LogP contribution in [0.4, 0.5) is 0 Å². The van der Waals surface area contributed by atoms with Gasteiger partial charge in [-0.25, -0.2) is 8.42 Å². The Labute approximate surface area is 101 Å². The third kappa shape index (κ3) is 4.05. The number of nitrogens with zero attached hydrogens (tertiary/aromatic N) is 2. The van der Waals surface area contributed by atoms with Crippen molar-refractivity contribution >= 4 is 22.1 Å². The van der Waals surface area contributed by atoms with Gasteiger partial charge >= 0.3 is 0 Å². The summed E-state index contributed by atoms with van der Waals surface area (Å²) >= 11 is 5.09. The lowest BCUT2D eigenvalue weighted by Crippen LogP contribution is -2.10. The summed E-state index contributed by atoms with van der Waals surface area (Å²) in [6, 6.07) is 0. The smallest absolute Gasteiger partial charge is 0.195 e. The fourth-order valence-electron chi connectivity index (χ4n) is 1.48. The molecule has 0 aromatic carbocycles. The second-order valence-electron chi connectivity index (χ2n) is 3.83. The van der Waals surface area contributed by atoms with Crippen molar-refractivity contribution in [2.45, 2.75) is 32.7 Å². The highest BCUT2D eigenvalue weighted by atomic mass is 32.2. The Kier molecular flexibility index (Phi) is 4.67. The van der Waals surface area contributed by atoms with E-state index in [0.717, 1.165) is 18.7 Å². The van der Waals surface area contributed by atoms with Gasteiger partial charge in [0.15, 0.2) is 4.77 Å². The van der Waals surface area contributed by atoms with Crippen molar-refractivity contribution in [3.05, 3.63) is 10.6 Å². The molecular formula is C9H17N3O2S2. The van der Waals surface area contributed by atoms with Gasteiger partial charge in [-0.15, -0.1) is 0 Å². The molecule has 0 bridgehead atoms. The van der Waals surface area contributed by atoms with Crippen molar-refractivity contribution in [3.63, 3.8) is 0 Å². The van der Waals surface area contributed by atoms with E-state index >= 15 is 0 Å². The van der Waals surface area contributed by atoms with Crippen LogP contribution in [0.2, 0.25) is 0 Å². The molecule has 16 heavy (non-hydrogen) atoms. The Bertz CT molecular complexity index is 487. The van der Waals surface area contributed by atoms with Gasteiger partial charge in [-0.3, -0.25) is 5.10 Å². The maximum absolute atomic E-state index is 11.0. The van der Waals surface area contributed by atoms with Gasteiger partial charge in [-0.05, 0) is 25.1 Å².